The van der Waals surface area contributed by atoms with Gasteiger partial charge in [-0.1, -0.05) is 67.4 Å². The largest absolute Gasteiger partial charge is 0.471 e. The summed E-state index contributed by atoms with van der Waals surface area (Å²) in [6.45, 7) is 2.29. The van der Waals surface area contributed by atoms with Crippen LogP contribution >= 0.6 is 11.6 Å². The fourth-order valence-electron chi connectivity index (χ4n) is 3.38. The number of carbonyl (C=O) groups is 1. The average Bonchev–Trinajstić information content (AvgIpc) is 3.06. The van der Waals surface area contributed by atoms with E-state index < -0.39 is 12.1 Å². The minimum atomic E-state index is -4.97. The number of aliphatic hydroxyl groups excluding tert-OH is 1. The van der Waals surface area contributed by atoms with Crippen molar-refractivity contribution in [3.63, 3.8) is 0 Å². The normalized spacial score (nSPS) is 11.6. The maximum Gasteiger partial charge on any atom is 0.471 e. The first-order chi connectivity index (χ1) is 15.2. The Hall–Kier alpha value is -2.84. The van der Waals surface area contributed by atoms with E-state index in [1.165, 1.54) is 6.07 Å². The molecule has 170 valence electrons. The van der Waals surface area contributed by atoms with Gasteiger partial charge in [-0.25, -0.2) is 4.98 Å². The fraction of sp³-hybridized carbons (Fsp3) is 0.304. The highest BCUT2D eigenvalue weighted by Crippen LogP contribution is 2.30. The van der Waals surface area contributed by atoms with E-state index in [0.717, 1.165) is 30.7 Å². The third-order valence-electron chi connectivity index (χ3n) is 5.04. The number of aliphatic hydroxyl groups is 1. The summed E-state index contributed by atoms with van der Waals surface area (Å²) >= 11 is 6.19. The molecule has 32 heavy (non-hydrogen) atoms. The summed E-state index contributed by atoms with van der Waals surface area (Å²) in [4.78, 5) is 15.7. The van der Waals surface area contributed by atoms with Crippen molar-refractivity contribution in [2.45, 2.75) is 45.5 Å². The molecule has 0 bridgehead atoms. The number of unbranched alkanes of at least 4 members (excludes halogenated alkanes) is 1. The quantitative estimate of drug-likeness (QED) is 0.456. The first-order valence-electron chi connectivity index (χ1n) is 10.2. The Morgan fingerprint density at radius 2 is 1.84 bits per heavy atom. The number of halogens is 4. The summed E-state index contributed by atoms with van der Waals surface area (Å²) in [7, 11) is 0. The predicted octanol–water partition coefficient (Wildman–Crippen LogP) is 5.59. The van der Waals surface area contributed by atoms with Gasteiger partial charge in [-0.15, -0.1) is 0 Å². The molecule has 2 N–H and O–H groups in total. The molecule has 5 nitrogen and oxygen atoms in total. The van der Waals surface area contributed by atoms with Gasteiger partial charge in [0.05, 0.1) is 12.3 Å². The molecule has 1 heterocycles. The summed E-state index contributed by atoms with van der Waals surface area (Å²) < 4.78 is 39.9. The van der Waals surface area contributed by atoms with Crippen molar-refractivity contribution in [2.75, 3.05) is 5.32 Å². The second-order valence-electron chi connectivity index (χ2n) is 7.31. The van der Waals surface area contributed by atoms with E-state index >= 15 is 0 Å². The van der Waals surface area contributed by atoms with Gasteiger partial charge in [0.2, 0.25) is 0 Å². The van der Waals surface area contributed by atoms with Gasteiger partial charge >= 0.3 is 12.1 Å². The number of hydrogen-bond acceptors (Lipinski definition) is 3. The van der Waals surface area contributed by atoms with Gasteiger partial charge in [-0.3, -0.25) is 4.79 Å². The van der Waals surface area contributed by atoms with Crippen molar-refractivity contribution in [3.05, 3.63) is 70.8 Å². The van der Waals surface area contributed by atoms with Crippen LogP contribution in [0.4, 0.5) is 18.9 Å². The Morgan fingerprint density at radius 3 is 2.47 bits per heavy atom. The van der Waals surface area contributed by atoms with Crippen molar-refractivity contribution in [1.29, 1.82) is 0 Å². The molecule has 0 atom stereocenters. The molecular weight excluding hydrogens is 443 g/mol. The zero-order chi connectivity index (χ0) is 23.3. The Bertz CT molecular complexity index is 1080. The molecule has 1 amide bonds. The van der Waals surface area contributed by atoms with Crippen molar-refractivity contribution in [3.8, 4) is 11.1 Å². The lowest BCUT2D eigenvalue weighted by molar-refractivity contribution is -0.167. The molecular formula is C23H23ClF3N3O2. The molecule has 0 spiro atoms. The lowest BCUT2D eigenvalue weighted by atomic mass is 10.0. The van der Waals surface area contributed by atoms with Gasteiger partial charge in [-0.05, 0) is 23.6 Å². The number of para-hydroxylation sites is 1. The van der Waals surface area contributed by atoms with Crippen LogP contribution in [0.25, 0.3) is 11.1 Å². The van der Waals surface area contributed by atoms with Crippen LogP contribution in [0.15, 0.2) is 48.5 Å². The lowest BCUT2D eigenvalue weighted by Gasteiger charge is -2.14. The third kappa shape index (κ3) is 5.49. The van der Waals surface area contributed by atoms with Crippen LogP contribution in [-0.2, 0) is 24.4 Å². The molecule has 9 heteroatoms. The van der Waals surface area contributed by atoms with Gasteiger partial charge < -0.3 is 15.0 Å². The Balaban J connectivity index is 1.85. The van der Waals surface area contributed by atoms with E-state index in [2.05, 4.69) is 11.9 Å². The van der Waals surface area contributed by atoms with Crippen LogP contribution in [-0.4, -0.2) is 26.7 Å². The zero-order valence-electron chi connectivity index (χ0n) is 17.4. The van der Waals surface area contributed by atoms with Crippen molar-refractivity contribution >= 4 is 23.2 Å². The number of nitrogens with zero attached hydrogens (tertiary/aromatic N) is 2. The molecule has 2 aromatic carbocycles. The summed E-state index contributed by atoms with van der Waals surface area (Å²) in [5.74, 6) is -1.22. The maximum absolute atomic E-state index is 12.7. The van der Waals surface area contributed by atoms with Crippen LogP contribution in [0.2, 0.25) is 5.15 Å². The molecule has 3 rings (SSSR count). The number of aromatic nitrogens is 2. The number of benzene rings is 2. The number of anilines is 1. The standard InChI is InChI=1S/C23H23ClF3N3O2/c1-2-3-8-20-29-21(24)19(14-31)30(20)13-15-9-11-16(12-10-15)17-6-4-5-7-18(17)28-22(32)23(25,26)27/h4-7,9-12,31H,2-3,8,13-14H2,1H3,(H,28,32). The molecule has 0 aliphatic carbocycles. The van der Waals surface area contributed by atoms with E-state index in [1.807, 2.05) is 22.0 Å². The Morgan fingerprint density at radius 1 is 1.16 bits per heavy atom. The highest BCUT2D eigenvalue weighted by molar-refractivity contribution is 6.30. The van der Waals surface area contributed by atoms with Gasteiger partial charge in [0.25, 0.3) is 0 Å². The smallest absolute Gasteiger partial charge is 0.390 e. The second kappa shape index (κ2) is 10.2. The molecule has 0 aliphatic heterocycles. The SMILES string of the molecule is CCCCc1nc(Cl)c(CO)n1Cc1ccc(-c2ccccc2NC(=O)C(F)(F)F)cc1. The second-order valence-corrected chi connectivity index (χ2v) is 7.67. The molecule has 3 aromatic rings. The first-order valence-corrected chi connectivity index (χ1v) is 10.5. The van der Waals surface area contributed by atoms with Crippen LogP contribution < -0.4 is 5.32 Å². The maximum atomic E-state index is 12.7. The summed E-state index contributed by atoms with van der Waals surface area (Å²) in [6, 6.07) is 13.5. The van der Waals surface area contributed by atoms with E-state index in [1.54, 1.807) is 30.3 Å². The molecule has 1 aromatic heterocycles. The highest BCUT2D eigenvalue weighted by atomic mass is 35.5. The monoisotopic (exact) mass is 465 g/mol. The molecule has 0 unspecified atom stereocenters. The number of aryl methyl sites for hydroxylation is 1. The van der Waals surface area contributed by atoms with E-state index in [-0.39, 0.29) is 17.4 Å². The van der Waals surface area contributed by atoms with Crippen molar-refractivity contribution in [2.24, 2.45) is 0 Å². The third-order valence-corrected chi connectivity index (χ3v) is 5.35. The van der Waals surface area contributed by atoms with Crippen LogP contribution in [0.5, 0.6) is 0 Å². The molecule has 0 fully saturated rings. The number of carbonyl (C=O) groups excluding carboxylic acids is 1. The highest BCUT2D eigenvalue weighted by Gasteiger charge is 2.38. The summed E-state index contributed by atoms with van der Waals surface area (Å²) in [5.41, 5.74) is 2.66. The number of nitrogens with one attached hydrogen (secondary N) is 1. The van der Waals surface area contributed by atoms with Gasteiger partial charge in [0.1, 0.15) is 5.82 Å². The number of hydrogen-bond donors (Lipinski definition) is 2. The van der Waals surface area contributed by atoms with Gasteiger partial charge in [-0.2, -0.15) is 13.2 Å². The molecule has 0 aliphatic rings. The van der Waals surface area contributed by atoms with Crippen LogP contribution in [0.3, 0.4) is 0 Å². The van der Waals surface area contributed by atoms with Crippen LogP contribution in [0.1, 0.15) is 36.8 Å². The Kier molecular flexibility index (Phi) is 7.58. The summed E-state index contributed by atoms with van der Waals surface area (Å²) in [6.07, 6.45) is -2.29. The topological polar surface area (TPSA) is 67.2 Å². The van der Waals surface area contributed by atoms with E-state index in [4.69, 9.17) is 11.6 Å². The molecule has 0 radical (unpaired) electrons. The average molecular weight is 466 g/mol. The minimum absolute atomic E-state index is 0.0772. The first kappa shape index (κ1) is 23.8. The lowest BCUT2D eigenvalue weighted by Crippen LogP contribution is -2.30. The van der Waals surface area contributed by atoms with Gasteiger partial charge in [0, 0.05) is 24.2 Å². The molecule has 0 saturated heterocycles. The van der Waals surface area contributed by atoms with Crippen molar-refractivity contribution in [1.82, 2.24) is 9.55 Å². The van der Waals surface area contributed by atoms with Crippen LogP contribution in [0, 0.1) is 0 Å². The minimum Gasteiger partial charge on any atom is -0.390 e. The number of amides is 1. The predicted molar refractivity (Wildman–Crippen MR) is 117 cm³/mol. The van der Waals surface area contributed by atoms with Gasteiger partial charge in [0.15, 0.2) is 5.15 Å². The Labute approximate surface area is 188 Å². The van der Waals surface area contributed by atoms with Crippen molar-refractivity contribution < 1.29 is 23.1 Å². The molecule has 0 saturated carbocycles. The fourth-order valence-corrected chi connectivity index (χ4v) is 3.64. The number of imidazole rings is 1. The summed E-state index contributed by atoms with van der Waals surface area (Å²) in [5, 5.41) is 11.9. The number of rotatable bonds is 8. The van der Waals surface area contributed by atoms with E-state index in [9.17, 15) is 23.1 Å². The van der Waals surface area contributed by atoms with E-state index in [0.29, 0.717) is 23.4 Å². The zero-order valence-corrected chi connectivity index (χ0v) is 18.2. The number of alkyl halides is 3.